The molecular formula is C17H23NO2S. The normalized spacial score (nSPS) is 13.1. The summed E-state index contributed by atoms with van der Waals surface area (Å²) in [5.74, 6) is 1.05. The van der Waals surface area contributed by atoms with Gasteiger partial charge in [0.2, 0.25) is 0 Å². The van der Waals surface area contributed by atoms with Crippen LogP contribution in [0.15, 0.2) is 35.7 Å². The number of nitrogens with one attached hydrogen (secondary N) is 1. The van der Waals surface area contributed by atoms with Crippen LogP contribution in [-0.4, -0.2) is 18.8 Å². The molecule has 0 fully saturated rings. The first kappa shape index (κ1) is 15.9. The van der Waals surface area contributed by atoms with Crippen molar-refractivity contribution in [2.24, 2.45) is 0 Å². The molecule has 3 nitrogen and oxygen atoms in total. The summed E-state index contributed by atoms with van der Waals surface area (Å²) in [7, 11) is 1.63. The zero-order valence-corrected chi connectivity index (χ0v) is 13.8. The van der Waals surface area contributed by atoms with Crippen molar-refractivity contribution >= 4 is 11.3 Å². The fraction of sp³-hybridized carbons (Fsp3) is 0.412. The van der Waals surface area contributed by atoms with Crippen molar-refractivity contribution in [3.05, 3.63) is 46.2 Å². The summed E-state index contributed by atoms with van der Waals surface area (Å²) in [6.45, 7) is 7.35. The Balaban J connectivity index is 2.06. The Bertz CT molecular complexity index is 578. The van der Waals surface area contributed by atoms with Crippen molar-refractivity contribution in [1.29, 1.82) is 0 Å². The van der Waals surface area contributed by atoms with E-state index in [2.05, 4.69) is 43.6 Å². The van der Waals surface area contributed by atoms with Crippen LogP contribution in [0.2, 0.25) is 0 Å². The van der Waals surface area contributed by atoms with E-state index in [1.165, 1.54) is 4.88 Å². The number of rotatable bonds is 6. The number of benzene rings is 1. The molecule has 0 aliphatic rings. The molecule has 0 bridgehead atoms. The van der Waals surface area contributed by atoms with Crippen LogP contribution in [0.1, 0.15) is 37.3 Å². The van der Waals surface area contributed by atoms with E-state index in [4.69, 9.17) is 4.74 Å². The molecule has 0 aliphatic heterocycles. The van der Waals surface area contributed by atoms with E-state index in [1.807, 2.05) is 6.07 Å². The van der Waals surface area contributed by atoms with Gasteiger partial charge in [0.25, 0.3) is 0 Å². The lowest BCUT2D eigenvalue weighted by atomic mass is 9.91. The highest BCUT2D eigenvalue weighted by Crippen LogP contribution is 2.30. The summed E-state index contributed by atoms with van der Waals surface area (Å²) < 4.78 is 5.23. The molecule has 2 N–H and O–H groups in total. The number of ether oxygens (including phenoxy) is 1. The third-order valence-electron chi connectivity index (χ3n) is 3.74. The molecule has 0 amide bonds. The number of phenolic OH excluding ortho intramolecular Hbond substituents is 1. The molecule has 1 atom stereocenters. The minimum atomic E-state index is 0.0549. The highest BCUT2D eigenvalue weighted by molar-refractivity contribution is 7.10. The third kappa shape index (κ3) is 3.77. The Labute approximate surface area is 130 Å². The van der Waals surface area contributed by atoms with E-state index >= 15 is 0 Å². The zero-order valence-electron chi connectivity index (χ0n) is 13.0. The minimum absolute atomic E-state index is 0.0549. The van der Waals surface area contributed by atoms with E-state index in [1.54, 1.807) is 30.6 Å². The molecule has 0 spiro atoms. The average Bonchev–Trinajstić information content (AvgIpc) is 3.00. The predicted molar refractivity (Wildman–Crippen MR) is 88.4 cm³/mol. The van der Waals surface area contributed by atoms with Crippen LogP contribution >= 0.6 is 11.3 Å². The molecule has 2 aromatic rings. The van der Waals surface area contributed by atoms with Crippen molar-refractivity contribution < 1.29 is 9.84 Å². The van der Waals surface area contributed by atoms with Crippen molar-refractivity contribution in [1.82, 2.24) is 5.32 Å². The molecular weight excluding hydrogens is 282 g/mol. The van der Waals surface area contributed by atoms with E-state index in [0.717, 1.165) is 17.9 Å². The van der Waals surface area contributed by atoms with Crippen LogP contribution in [0.4, 0.5) is 0 Å². The lowest BCUT2D eigenvalue weighted by molar-refractivity contribution is 0.401. The van der Waals surface area contributed by atoms with Gasteiger partial charge in [-0.1, -0.05) is 19.9 Å². The summed E-state index contributed by atoms with van der Waals surface area (Å²) in [5.41, 5.74) is 0.924. The van der Waals surface area contributed by atoms with E-state index in [-0.39, 0.29) is 11.5 Å². The first-order valence-corrected chi connectivity index (χ1v) is 7.96. The molecule has 1 aromatic heterocycles. The molecule has 1 heterocycles. The number of aromatic hydroxyl groups is 1. The Kier molecular flexibility index (Phi) is 4.91. The maximum absolute atomic E-state index is 10.0. The van der Waals surface area contributed by atoms with Crippen LogP contribution in [0.3, 0.4) is 0 Å². The second-order valence-corrected chi connectivity index (χ2v) is 6.84. The zero-order chi connectivity index (χ0) is 15.5. The molecule has 0 saturated heterocycles. The predicted octanol–water partition coefficient (Wildman–Crippen LogP) is 4.09. The Morgan fingerprint density at radius 2 is 2.10 bits per heavy atom. The Morgan fingerprint density at radius 3 is 2.71 bits per heavy atom. The summed E-state index contributed by atoms with van der Waals surface area (Å²) in [5, 5.41) is 15.6. The van der Waals surface area contributed by atoms with Crippen LogP contribution in [0, 0.1) is 0 Å². The van der Waals surface area contributed by atoms with Gasteiger partial charge in [-0.25, -0.2) is 0 Å². The van der Waals surface area contributed by atoms with E-state index in [0.29, 0.717) is 5.75 Å². The Hall–Kier alpha value is -1.52. The van der Waals surface area contributed by atoms with Gasteiger partial charge in [-0.15, -0.1) is 11.3 Å². The van der Waals surface area contributed by atoms with Crippen LogP contribution in [-0.2, 0) is 5.41 Å². The van der Waals surface area contributed by atoms with Gasteiger partial charge in [0.05, 0.1) is 7.11 Å². The fourth-order valence-electron chi connectivity index (χ4n) is 2.28. The molecule has 21 heavy (non-hydrogen) atoms. The number of phenols is 1. The standard InChI is InChI=1S/C17H23NO2S/c1-12(14-10-13(20-4)7-8-15(14)19)18-11-17(2,3)16-6-5-9-21-16/h5-10,12,18-19H,11H2,1-4H3. The van der Waals surface area contributed by atoms with Gasteiger partial charge >= 0.3 is 0 Å². The van der Waals surface area contributed by atoms with Gasteiger partial charge in [-0.2, -0.15) is 0 Å². The Morgan fingerprint density at radius 1 is 1.33 bits per heavy atom. The fourth-order valence-corrected chi connectivity index (χ4v) is 3.13. The number of thiophene rings is 1. The second-order valence-electron chi connectivity index (χ2n) is 5.89. The van der Waals surface area contributed by atoms with Crippen LogP contribution in [0.25, 0.3) is 0 Å². The topological polar surface area (TPSA) is 41.5 Å². The van der Waals surface area contributed by atoms with E-state index in [9.17, 15) is 5.11 Å². The van der Waals surface area contributed by atoms with Gasteiger partial charge < -0.3 is 15.2 Å². The molecule has 0 saturated carbocycles. The molecule has 1 unspecified atom stereocenters. The molecule has 0 aliphatic carbocycles. The van der Waals surface area contributed by atoms with Crippen molar-refractivity contribution in [3.63, 3.8) is 0 Å². The highest BCUT2D eigenvalue weighted by Gasteiger charge is 2.23. The first-order valence-electron chi connectivity index (χ1n) is 7.08. The minimum Gasteiger partial charge on any atom is -0.508 e. The summed E-state index contributed by atoms with van der Waals surface area (Å²) in [6.07, 6.45) is 0. The number of hydrogen-bond acceptors (Lipinski definition) is 4. The second kappa shape index (κ2) is 6.50. The smallest absolute Gasteiger partial charge is 0.120 e. The van der Waals surface area contributed by atoms with Gasteiger partial charge in [0.1, 0.15) is 11.5 Å². The molecule has 2 rings (SSSR count). The lowest BCUT2D eigenvalue weighted by Gasteiger charge is -2.26. The van der Waals surface area contributed by atoms with Gasteiger partial charge in [-0.3, -0.25) is 0 Å². The third-order valence-corrected chi connectivity index (χ3v) is 4.98. The van der Waals surface area contributed by atoms with Crippen molar-refractivity contribution in [2.45, 2.75) is 32.2 Å². The maximum Gasteiger partial charge on any atom is 0.120 e. The molecule has 0 radical (unpaired) electrons. The summed E-state index contributed by atoms with van der Waals surface area (Å²) in [4.78, 5) is 1.36. The maximum atomic E-state index is 10.0. The van der Waals surface area contributed by atoms with Crippen LogP contribution < -0.4 is 10.1 Å². The molecule has 4 heteroatoms. The lowest BCUT2D eigenvalue weighted by Crippen LogP contribution is -2.33. The summed E-state index contributed by atoms with van der Waals surface area (Å²) in [6, 6.07) is 9.63. The SMILES string of the molecule is COc1ccc(O)c(C(C)NCC(C)(C)c2cccs2)c1. The van der Waals surface area contributed by atoms with Crippen LogP contribution in [0.5, 0.6) is 11.5 Å². The van der Waals surface area contributed by atoms with Gasteiger partial charge in [-0.05, 0) is 36.6 Å². The van der Waals surface area contributed by atoms with Gasteiger partial charge in [0, 0.05) is 28.4 Å². The monoisotopic (exact) mass is 305 g/mol. The summed E-state index contributed by atoms with van der Waals surface area (Å²) >= 11 is 1.78. The molecule has 114 valence electrons. The first-order chi connectivity index (χ1) is 9.94. The average molecular weight is 305 g/mol. The largest absolute Gasteiger partial charge is 0.508 e. The van der Waals surface area contributed by atoms with Gasteiger partial charge in [0.15, 0.2) is 0 Å². The van der Waals surface area contributed by atoms with E-state index < -0.39 is 0 Å². The molecule has 1 aromatic carbocycles. The van der Waals surface area contributed by atoms with Crippen molar-refractivity contribution in [3.8, 4) is 11.5 Å². The quantitative estimate of drug-likeness (QED) is 0.844. The van der Waals surface area contributed by atoms with Crippen molar-refractivity contribution in [2.75, 3.05) is 13.7 Å². The number of hydrogen-bond donors (Lipinski definition) is 2. The number of methoxy groups -OCH3 is 1. The highest BCUT2D eigenvalue weighted by atomic mass is 32.1.